The Bertz CT molecular complexity index is 570. The lowest BCUT2D eigenvalue weighted by Gasteiger charge is -2.14. The SMILES string of the molecule is CC(Nc1nnccc1C(N)=S)c1ccc(Cl)s1. The van der Waals surface area contributed by atoms with Crippen LogP contribution in [0.15, 0.2) is 24.4 Å². The number of anilines is 1. The summed E-state index contributed by atoms with van der Waals surface area (Å²) in [4.78, 5) is 1.41. The highest BCUT2D eigenvalue weighted by atomic mass is 35.5. The number of nitrogens with zero attached hydrogens (tertiary/aromatic N) is 2. The molecule has 2 aromatic rings. The van der Waals surface area contributed by atoms with Gasteiger partial charge in [0.05, 0.1) is 22.1 Å². The highest BCUT2D eigenvalue weighted by Gasteiger charge is 2.12. The molecule has 2 rings (SSSR count). The first kappa shape index (κ1) is 13.2. The number of hydrogen-bond acceptors (Lipinski definition) is 5. The molecular weight excluding hydrogens is 288 g/mol. The van der Waals surface area contributed by atoms with E-state index < -0.39 is 0 Å². The van der Waals surface area contributed by atoms with Gasteiger partial charge in [0.1, 0.15) is 4.99 Å². The van der Waals surface area contributed by atoms with E-state index in [0.717, 1.165) is 9.21 Å². The van der Waals surface area contributed by atoms with Crippen molar-refractivity contribution in [1.29, 1.82) is 0 Å². The zero-order chi connectivity index (χ0) is 13.1. The predicted octanol–water partition coefficient (Wildman–Crippen LogP) is 3.00. The van der Waals surface area contributed by atoms with E-state index in [0.29, 0.717) is 16.4 Å². The Morgan fingerprint density at radius 3 is 2.89 bits per heavy atom. The van der Waals surface area contributed by atoms with Gasteiger partial charge in [-0.15, -0.1) is 16.4 Å². The minimum Gasteiger partial charge on any atom is -0.389 e. The van der Waals surface area contributed by atoms with Crippen molar-refractivity contribution in [3.8, 4) is 0 Å². The van der Waals surface area contributed by atoms with E-state index >= 15 is 0 Å². The number of thiophene rings is 1. The van der Waals surface area contributed by atoms with Crippen LogP contribution in [-0.4, -0.2) is 15.2 Å². The normalized spacial score (nSPS) is 12.1. The third-order valence-electron chi connectivity index (χ3n) is 2.36. The number of rotatable bonds is 4. The summed E-state index contributed by atoms with van der Waals surface area (Å²) < 4.78 is 0.757. The average molecular weight is 299 g/mol. The maximum atomic E-state index is 5.91. The Hall–Kier alpha value is -1.24. The van der Waals surface area contributed by atoms with Crippen molar-refractivity contribution in [2.75, 3.05) is 5.32 Å². The summed E-state index contributed by atoms with van der Waals surface area (Å²) in [5.74, 6) is 0.585. The first-order chi connectivity index (χ1) is 8.58. The summed E-state index contributed by atoms with van der Waals surface area (Å²) in [7, 11) is 0. The van der Waals surface area contributed by atoms with Gasteiger partial charge < -0.3 is 11.1 Å². The predicted molar refractivity (Wildman–Crippen MR) is 79.3 cm³/mol. The van der Waals surface area contributed by atoms with E-state index in [4.69, 9.17) is 29.6 Å². The van der Waals surface area contributed by atoms with E-state index in [2.05, 4.69) is 15.5 Å². The Labute approximate surface area is 119 Å². The molecular formula is C11H11ClN4S2. The van der Waals surface area contributed by atoms with E-state index in [1.807, 2.05) is 19.1 Å². The molecule has 0 radical (unpaired) electrons. The molecule has 0 fully saturated rings. The number of nitrogens with two attached hydrogens (primary N) is 1. The Balaban J connectivity index is 2.21. The minimum absolute atomic E-state index is 0.0623. The molecule has 1 atom stereocenters. The van der Waals surface area contributed by atoms with Crippen LogP contribution < -0.4 is 11.1 Å². The molecule has 0 aromatic carbocycles. The molecule has 7 heteroatoms. The highest BCUT2D eigenvalue weighted by molar-refractivity contribution is 7.80. The molecule has 2 heterocycles. The number of halogens is 1. The van der Waals surface area contributed by atoms with Gasteiger partial charge in [0.25, 0.3) is 0 Å². The number of aromatic nitrogens is 2. The Morgan fingerprint density at radius 2 is 2.28 bits per heavy atom. The van der Waals surface area contributed by atoms with Crippen LogP contribution in [0.25, 0.3) is 0 Å². The molecule has 4 nitrogen and oxygen atoms in total. The standard InChI is InChI=1S/C11H11ClN4S2/c1-6(8-2-3-9(12)18-8)15-11-7(10(13)17)4-5-14-16-11/h2-6H,1H3,(H2,13,17)(H,15,16). The van der Waals surface area contributed by atoms with Crippen LogP contribution in [0.1, 0.15) is 23.4 Å². The molecule has 18 heavy (non-hydrogen) atoms. The molecule has 94 valence electrons. The van der Waals surface area contributed by atoms with Gasteiger partial charge in [-0.25, -0.2) is 0 Å². The summed E-state index contributed by atoms with van der Waals surface area (Å²) in [5.41, 5.74) is 6.33. The maximum Gasteiger partial charge on any atom is 0.159 e. The molecule has 2 aromatic heterocycles. The second-order valence-electron chi connectivity index (χ2n) is 3.67. The van der Waals surface area contributed by atoms with Crippen LogP contribution in [0, 0.1) is 0 Å². The third-order valence-corrected chi connectivity index (χ3v) is 3.99. The van der Waals surface area contributed by atoms with Gasteiger partial charge in [-0.2, -0.15) is 5.10 Å². The molecule has 0 aliphatic rings. The van der Waals surface area contributed by atoms with Gasteiger partial charge >= 0.3 is 0 Å². The van der Waals surface area contributed by atoms with E-state index in [-0.39, 0.29) is 6.04 Å². The van der Waals surface area contributed by atoms with Gasteiger partial charge in [0.15, 0.2) is 5.82 Å². The molecule has 1 unspecified atom stereocenters. The van der Waals surface area contributed by atoms with E-state index in [1.165, 1.54) is 11.3 Å². The van der Waals surface area contributed by atoms with Gasteiger partial charge in [0.2, 0.25) is 0 Å². The quantitative estimate of drug-likeness (QED) is 0.850. The number of hydrogen-bond donors (Lipinski definition) is 2. The molecule has 0 saturated carbocycles. The molecule has 3 N–H and O–H groups in total. The van der Waals surface area contributed by atoms with Crippen LogP contribution in [0.5, 0.6) is 0 Å². The topological polar surface area (TPSA) is 63.8 Å². The van der Waals surface area contributed by atoms with Crippen LogP contribution in [0.4, 0.5) is 5.82 Å². The van der Waals surface area contributed by atoms with E-state index in [1.54, 1.807) is 12.3 Å². The summed E-state index contributed by atoms with van der Waals surface area (Å²) in [6.07, 6.45) is 1.56. The van der Waals surface area contributed by atoms with Crippen molar-refractivity contribution in [1.82, 2.24) is 10.2 Å². The van der Waals surface area contributed by atoms with Gasteiger partial charge in [-0.1, -0.05) is 23.8 Å². The van der Waals surface area contributed by atoms with Crippen LogP contribution in [-0.2, 0) is 0 Å². The first-order valence-electron chi connectivity index (χ1n) is 5.21. The lowest BCUT2D eigenvalue weighted by molar-refractivity contribution is 0.877. The lowest BCUT2D eigenvalue weighted by atomic mass is 10.2. The summed E-state index contributed by atoms with van der Waals surface area (Å²) >= 11 is 12.4. The number of thiocarbonyl (C=S) groups is 1. The van der Waals surface area contributed by atoms with Crippen molar-refractivity contribution in [3.05, 3.63) is 39.2 Å². The van der Waals surface area contributed by atoms with Crippen LogP contribution in [0.2, 0.25) is 4.34 Å². The second kappa shape index (κ2) is 5.60. The minimum atomic E-state index is 0.0623. The monoisotopic (exact) mass is 298 g/mol. The fourth-order valence-corrected chi connectivity index (χ4v) is 2.70. The second-order valence-corrected chi connectivity index (χ2v) is 5.85. The van der Waals surface area contributed by atoms with Gasteiger partial charge in [-0.3, -0.25) is 0 Å². The van der Waals surface area contributed by atoms with Gasteiger partial charge in [-0.05, 0) is 25.1 Å². The maximum absolute atomic E-state index is 5.91. The van der Waals surface area contributed by atoms with Crippen molar-refractivity contribution in [2.24, 2.45) is 5.73 Å². The summed E-state index contributed by atoms with van der Waals surface area (Å²) in [5, 5.41) is 11.1. The molecule has 0 amide bonds. The lowest BCUT2D eigenvalue weighted by Crippen LogP contribution is -2.16. The summed E-state index contributed by atoms with van der Waals surface area (Å²) in [6, 6.07) is 5.64. The Kier molecular flexibility index (Phi) is 4.11. The van der Waals surface area contributed by atoms with Crippen molar-refractivity contribution < 1.29 is 0 Å². The zero-order valence-corrected chi connectivity index (χ0v) is 11.9. The first-order valence-corrected chi connectivity index (χ1v) is 6.81. The van der Waals surface area contributed by atoms with Crippen molar-refractivity contribution in [3.63, 3.8) is 0 Å². The van der Waals surface area contributed by atoms with Gasteiger partial charge in [0, 0.05) is 4.88 Å². The zero-order valence-electron chi connectivity index (χ0n) is 9.55. The fraction of sp³-hybridized carbons (Fsp3) is 0.182. The molecule has 0 aliphatic carbocycles. The fourth-order valence-electron chi connectivity index (χ4n) is 1.47. The summed E-state index contributed by atoms with van der Waals surface area (Å²) in [6.45, 7) is 2.01. The highest BCUT2D eigenvalue weighted by Crippen LogP contribution is 2.29. The van der Waals surface area contributed by atoms with Crippen LogP contribution in [0.3, 0.4) is 0 Å². The molecule has 0 bridgehead atoms. The molecule has 0 saturated heterocycles. The van der Waals surface area contributed by atoms with Crippen LogP contribution >= 0.6 is 35.2 Å². The molecule has 0 aliphatic heterocycles. The van der Waals surface area contributed by atoms with Crippen molar-refractivity contribution >= 4 is 46.0 Å². The number of nitrogens with one attached hydrogen (secondary N) is 1. The Morgan fingerprint density at radius 1 is 1.50 bits per heavy atom. The smallest absolute Gasteiger partial charge is 0.159 e. The van der Waals surface area contributed by atoms with E-state index in [9.17, 15) is 0 Å². The molecule has 0 spiro atoms. The largest absolute Gasteiger partial charge is 0.389 e. The third kappa shape index (κ3) is 2.95. The average Bonchev–Trinajstić information content (AvgIpc) is 2.76. The van der Waals surface area contributed by atoms with Crippen molar-refractivity contribution in [2.45, 2.75) is 13.0 Å².